The van der Waals surface area contributed by atoms with Crippen LogP contribution in [0.5, 0.6) is 0 Å². The van der Waals surface area contributed by atoms with Gasteiger partial charge in [0.1, 0.15) is 0 Å². The molecule has 0 bridgehead atoms. The van der Waals surface area contributed by atoms with Gasteiger partial charge in [-0.25, -0.2) is 0 Å². The first kappa shape index (κ1) is 14.1. The third-order valence-electron chi connectivity index (χ3n) is 3.98. The summed E-state index contributed by atoms with van der Waals surface area (Å²) in [7, 11) is 0. The molecule has 1 unspecified atom stereocenters. The molecule has 0 radical (unpaired) electrons. The van der Waals surface area contributed by atoms with Crippen molar-refractivity contribution in [2.45, 2.75) is 40.2 Å². The zero-order valence-electron chi connectivity index (χ0n) is 12.1. The summed E-state index contributed by atoms with van der Waals surface area (Å²) < 4.78 is 0. The second kappa shape index (κ2) is 5.33. The first-order chi connectivity index (χ1) is 8.89. The summed E-state index contributed by atoms with van der Waals surface area (Å²) in [5.74, 6) is -0.669. The first-order valence-corrected chi connectivity index (χ1v) is 6.92. The van der Waals surface area contributed by atoms with Crippen LogP contribution in [0.25, 0.3) is 0 Å². The lowest BCUT2D eigenvalue weighted by Gasteiger charge is -2.37. The predicted octanol–water partition coefficient (Wildman–Crippen LogP) is 2.99. The summed E-state index contributed by atoms with van der Waals surface area (Å²) >= 11 is 0. The van der Waals surface area contributed by atoms with Gasteiger partial charge in [0.05, 0.1) is 5.41 Å². The highest BCUT2D eigenvalue weighted by molar-refractivity contribution is 5.74. The summed E-state index contributed by atoms with van der Waals surface area (Å²) in [6.45, 7) is 8.57. The van der Waals surface area contributed by atoms with Crippen molar-refractivity contribution in [2.24, 2.45) is 5.41 Å². The topological polar surface area (TPSA) is 40.5 Å². The highest BCUT2D eigenvalue weighted by atomic mass is 16.4. The van der Waals surface area contributed by atoms with Gasteiger partial charge < -0.3 is 5.11 Å². The molecule has 1 aromatic carbocycles. The van der Waals surface area contributed by atoms with E-state index in [9.17, 15) is 9.90 Å². The molecule has 1 saturated heterocycles. The van der Waals surface area contributed by atoms with E-state index in [1.807, 2.05) is 6.92 Å². The van der Waals surface area contributed by atoms with Gasteiger partial charge in [0.15, 0.2) is 0 Å². The number of carboxylic acids is 1. The molecular weight excluding hydrogens is 238 g/mol. The quantitative estimate of drug-likeness (QED) is 0.909. The largest absolute Gasteiger partial charge is 0.481 e. The maximum Gasteiger partial charge on any atom is 0.310 e. The Hall–Kier alpha value is -1.35. The maximum atomic E-state index is 11.4. The van der Waals surface area contributed by atoms with Crippen LogP contribution < -0.4 is 0 Å². The number of nitrogens with zero attached hydrogens (tertiary/aromatic N) is 1. The lowest BCUT2D eigenvalue weighted by atomic mass is 9.82. The van der Waals surface area contributed by atoms with Crippen LogP contribution in [0.4, 0.5) is 0 Å². The molecule has 1 fully saturated rings. The molecule has 1 atom stereocenters. The summed E-state index contributed by atoms with van der Waals surface area (Å²) in [6.07, 6.45) is 1.75. The molecule has 1 aromatic rings. The monoisotopic (exact) mass is 261 g/mol. The summed E-state index contributed by atoms with van der Waals surface area (Å²) in [5.41, 5.74) is 3.24. The zero-order chi connectivity index (χ0) is 14.0. The van der Waals surface area contributed by atoms with Crippen molar-refractivity contribution < 1.29 is 9.90 Å². The van der Waals surface area contributed by atoms with Crippen LogP contribution in [-0.4, -0.2) is 29.1 Å². The fourth-order valence-corrected chi connectivity index (χ4v) is 3.07. The highest BCUT2D eigenvalue weighted by Crippen LogP contribution is 2.30. The molecule has 2 rings (SSSR count). The Morgan fingerprint density at radius 2 is 1.95 bits per heavy atom. The van der Waals surface area contributed by atoms with Gasteiger partial charge in [-0.2, -0.15) is 0 Å². The second-order valence-corrected chi connectivity index (χ2v) is 6.18. The Kier molecular flexibility index (Phi) is 3.95. The smallest absolute Gasteiger partial charge is 0.310 e. The van der Waals surface area contributed by atoms with Gasteiger partial charge in [0.25, 0.3) is 0 Å². The normalized spacial score (nSPS) is 24.4. The Bertz CT molecular complexity index is 463. The fourth-order valence-electron chi connectivity index (χ4n) is 3.07. The van der Waals surface area contributed by atoms with Crippen molar-refractivity contribution in [3.05, 3.63) is 34.9 Å². The van der Waals surface area contributed by atoms with Crippen molar-refractivity contribution in [1.82, 2.24) is 4.90 Å². The van der Waals surface area contributed by atoms with Gasteiger partial charge in [0, 0.05) is 13.1 Å². The SMILES string of the molecule is Cc1cc(C)cc(CN2CCCC(C)(C(=O)O)C2)c1. The Morgan fingerprint density at radius 1 is 1.32 bits per heavy atom. The van der Waals surface area contributed by atoms with E-state index in [0.717, 1.165) is 25.9 Å². The Balaban J connectivity index is 2.08. The molecule has 3 heteroatoms. The van der Waals surface area contributed by atoms with Crippen molar-refractivity contribution in [3.63, 3.8) is 0 Å². The molecule has 19 heavy (non-hydrogen) atoms. The van der Waals surface area contributed by atoms with Crippen molar-refractivity contribution in [3.8, 4) is 0 Å². The molecule has 0 amide bonds. The van der Waals surface area contributed by atoms with E-state index in [4.69, 9.17) is 0 Å². The van der Waals surface area contributed by atoms with E-state index in [0.29, 0.717) is 6.54 Å². The van der Waals surface area contributed by atoms with Gasteiger partial charge >= 0.3 is 5.97 Å². The van der Waals surface area contributed by atoms with E-state index in [1.54, 1.807) is 0 Å². The molecule has 3 nitrogen and oxygen atoms in total. The van der Waals surface area contributed by atoms with Gasteiger partial charge in [-0.15, -0.1) is 0 Å². The molecule has 1 aliphatic heterocycles. The number of piperidine rings is 1. The molecule has 104 valence electrons. The Labute approximate surface area is 115 Å². The van der Waals surface area contributed by atoms with Crippen molar-refractivity contribution in [1.29, 1.82) is 0 Å². The second-order valence-electron chi connectivity index (χ2n) is 6.18. The number of benzene rings is 1. The zero-order valence-corrected chi connectivity index (χ0v) is 12.1. The van der Waals surface area contributed by atoms with Crippen LogP contribution in [0.15, 0.2) is 18.2 Å². The summed E-state index contributed by atoms with van der Waals surface area (Å²) in [5, 5.41) is 9.34. The lowest BCUT2D eigenvalue weighted by Crippen LogP contribution is -2.45. The Morgan fingerprint density at radius 3 is 2.53 bits per heavy atom. The molecular formula is C16H23NO2. The average Bonchev–Trinajstić information content (AvgIpc) is 2.27. The number of rotatable bonds is 3. The van der Waals surface area contributed by atoms with Gasteiger partial charge in [0.2, 0.25) is 0 Å². The van der Waals surface area contributed by atoms with Gasteiger partial charge in [-0.1, -0.05) is 29.3 Å². The number of hydrogen-bond acceptors (Lipinski definition) is 2. The number of carbonyl (C=O) groups is 1. The minimum Gasteiger partial charge on any atom is -0.481 e. The van der Waals surface area contributed by atoms with Crippen LogP contribution in [-0.2, 0) is 11.3 Å². The minimum absolute atomic E-state index is 0.586. The number of hydrogen-bond donors (Lipinski definition) is 1. The number of aliphatic carboxylic acids is 1. The highest BCUT2D eigenvalue weighted by Gasteiger charge is 2.37. The molecule has 0 spiro atoms. The molecule has 0 aromatic heterocycles. The van der Waals surface area contributed by atoms with Gasteiger partial charge in [-0.3, -0.25) is 9.69 Å². The molecule has 0 saturated carbocycles. The van der Waals surface area contributed by atoms with E-state index >= 15 is 0 Å². The first-order valence-electron chi connectivity index (χ1n) is 6.92. The molecule has 1 N–H and O–H groups in total. The molecule has 1 aliphatic rings. The molecule has 0 aliphatic carbocycles. The lowest BCUT2D eigenvalue weighted by molar-refractivity contribution is -0.151. The third kappa shape index (κ3) is 3.35. The number of aryl methyl sites for hydroxylation is 2. The van der Waals surface area contributed by atoms with Gasteiger partial charge in [-0.05, 0) is 45.7 Å². The fraction of sp³-hybridized carbons (Fsp3) is 0.562. The third-order valence-corrected chi connectivity index (χ3v) is 3.98. The number of carboxylic acid groups (broad SMARTS) is 1. The average molecular weight is 261 g/mol. The van der Waals surface area contributed by atoms with E-state index < -0.39 is 11.4 Å². The standard InChI is InChI=1S/C16H23NO2/c1-12-7-13(2)9-14(8-12)10-17-6-4-5-16(3,11-17)15(18)19/h7-9H,4-6,10-11H2,1-3H3,(H,18,19). The van der Waals surface area contributed by atoms with E-state index in [-0.39, 0.29) is 0 Å². The van der Waals surface area contributed by atoms with Crippen LogP contribution in [0.3, 0.4) is 0 Å². The van der Waals surface area contributed by atoms with Crippen LogP contribution in [0, 0.1) is 19.3 Å². The van der Waals surface area contributed by atoms with Crippen LogP contribution >= 0.6 is 0 Å². The van der Waals surface area contributed by atoms with Crippen molar-refractivity contribution >= 4 is 5.97 Å². The number of likely N-dealkylation sites (tertiary alicyclic amines) is 1. The summed E-state index contributed by atoms with van der Waals surface area (Å²) in [6, 6.07) is 6.56. The van der Waals surface area contributed by atoms with Crippen LogP contribution in [0.1, 0.15) is 36.5 Å². The minimum atomic E-state index is -0.669. The van der Waals surface area contributed by atoms with E-state index in [1.165, 1.54) is 16.7 Å². The molecule has 1 heterocycles. The van der Waals surface area contributed by atoms with Crippen LogP contribution in [0.2, 0.25) is 0 Å². The van der Waals surface area contributed by atoms with Crippen molar-refractivity contribution in [2.75, 3.05) is 13.1 Å². The van der Waals surface area contributed by atoms with E-state index in [2.05, 4.69) is 36.9 Å². The maximum absolute atomic E-state index is 11.4. The predicted molar refractivity (Wildman–Crippen MR) is 76.2 cm³/mol. The summed E-state index contributed by atoms with van der Waals surface area (Å²) in [4.78, 5) is 13.6.